The number of esters is 1. The van der Waals surface area contributed by atoms with Gasteiger partial charge in [0.2, 0.25) is 0 Å². The molecule has 9 nitrogen and oxygen atoms in total. The van der Waals surface area contributed by atoms with Gasteiger partial charge in [0.05, 0.1) is 22.7 Å². The Kier molecular flexibility index (Phi) is 10.6. The van der Waals surface area contributed by atoms with Gasteiger partial charge in [-0.2, -0.15) is 10.4 Å². The van der Waals surface area contributed by atoms with Gasteiger partial charge in [0, 0.05) is 17.8 Å². The molecule has 0 spiro atoms. The molecule has 1 atom stereocenters. The maximum absolute atomic E-state index is 12.4. The molecular formula is C25H29ClN6O3. The number of aldehydes is 1. The number of nitrogens with zero attached hydrogens (tertiary/aromatic N) is 3. The monoisotopic (exact) mass is 496 g/mol. The SMILES string of the molecule is CN.CNCC(NC)OC(=O)c1ccc(Cn2nc(C=O)c(-c3ccc(C#N)c(Cl)c3)c2C)cc1. The van der Waals surface area contributed by atoms with Crippen molar-refractivity contribution in [2.75, 3.05) is 27.7 Å². The third-order valence-corrected chi connectivity index (χ3v) is 5.52. The van der Waals surface area contributed by atoms with Crippen molar-refractivity contribution < 1.29 is 14.3 Å². The van der Waals surface area contributed by atoms with E-state index in [1.54, 1.807) is 49.1 Å². The Balaban J connectivity index is 0.00000210. The lowest BCUT2D eigenvalue weighted by atomic mass is 10.0. The summed E-state index contributed by atoms with van der Waals surface area (Å²) in [4.78, 5) is 24.0. The van der Waals surface area contributed by atoms with Gasteiger partial charge < -0.3 is 15.8 Å². The number of likely N-dealkylation sites (N-methyl/N-ethyl adjacent to an activating group) is 2. The summed E-state index contributed by atoms with van der Waals surface area (Å²) in [6.07, 6.45) is 0.276. The molecule has 4 N–H and O–H groups in total. The number of ether oxygens (including phenoxy) is 1. The van der Waals surface area contributed by atoms with E-state index in [0.29, 0.717) is 46.7 Å². The van der Waals surface area contributed by atoms with Gasteiger partial charge in [-0.15, -0.1) is 0 Å². The van der Waals surface area contributed by atoms with Crippen molar-refractivity contribution in [1.82, 2.24) is 20.4 Å². The van der Waals surface area contributed by atoms with Gasteiger partial charge in [-0.25, -0.2) is 4.79 Å². The second kappa shape index (κ2) is 13.4. The van der Waals surface area contributed by atoms with Crippen LogP contribution >= 0.6 is 11.6 Å². The molecule has 3 aromatic rings. The topological polar surface area (TPSA) is 135 Å². The highest BCUT2D eigenvalue weighted by Gasteiger charge is 2.18. The summed E-state index contributed by atoms with van der Waals surface area (Å²) in [5.74, 6) is -0.422. The number of hydrogen-bond donors (Lipinski definition) is 3. The molecule has 184 valence electrons. The normalized spacial score (nSPS) is 11.1. The summed E-state index contributed by atoms with van der Waals surface area (Å²) in [6, 6.07) is 14.1. The fourth-order valence-electron chi connectivity index (χ4n) is 3.43. The lowest BCUT2D eigenvalue weighted by molar-refractivity contribution is 0.0242. The average molecular weight is 497 g/mol. The van der Waals surface area contributed by atoms with E-state index in [9.17, 15) is 9.59 Å². The van der Waals surface area contributed by atoms with Crippen molar-refractivity contribution in [3.63, 3.8) is 0 Å². The molecular weight excluding hydrogens is 468 g/mol. The molecule has 35 heavy (non-hydrogen) atoms. The third kappa shape index (κ3) is 6.74. The number of aromatic nitrogens is 2. The summed E-state index contributed by atoms with van der Waals surface area (Å²) in [7, 11) is 5.00. The molecule has 1 heterocycles. The van der Waals surface area contributed by atoms with Crippen molar-refractivity contribution in [2.24, 2.45) is 5.73 Å². The van der Waals surface area contributed by atoms with Crippen LogP contribution in [-0.2, 0) is 11.3 Å². The largest absolute Gasteiger partial charge is 0.442 e. The first kappa shape index (κ1) is 27.7. The molecule has 10 heteroatoms. The Bertz CT molecular complexity index is 1200. The summed E-state index contributed by atoms with van der Waals surface area (Å²) in [5, 5.41) is 19.7. The highest BCUT2D eigenvalue weighted by molar-refractivity contribution is 6.32. The van der Waals surface area contributed by atoms with E-state index in [1.165, 1.54) is 7.05 Å². The Morgan fingerprint density at radius 2 is 1.94 bits per heavy atom. The summed E-state index contributed by atoms with van der Waals surface area (Å²) in [5.41, 5.74) is 8.65. The molecule has 0 aliphatic rings. The van der Waals surface area contributed by atoms with Crippen LogP contribution in [0, 0.1) is 18.3 Å². The van der Waals surface area contributed by atoms with E-state index in [0.717, 1.165) is 11.3 Å². The number of carbonyl (C=O) groups is 2. The lowest BCUT2D eigenvalue weighted by Crippen LogP contribution is -2.39. The Morgan fingerprint density at radius 3 is 2.49 bits per heavy atom. The van der Waals surface area contributed by atoms with E-state index < -0.39 is 12.2 Å². The van der Waals surface area contributed by atoms with Crippen LogP contribution in [0.2, 0.25) is 5.02 Å². The molecule has 0 radical (unpaired) electrons. The third-order valence-electron chi connectivity index (χ3n) is 5.21. The first-order valence-electron chi connectivity index (χ1n) is 10.8. The molecule has 0 bridgehead atoms. The van der Waals surface area contributed by atoms with E-state index in [-0.39, 0.29) is 5.69 Å². The fourth-order valence-corrected chi connectivity index (χ4v) is 3.65. The number of nitrogens with one attached hydrogen (secondary N) is 2. The maximum atomic E-state index is 12.4. The van der Waals surface area contributed by atoms with E-state index in [2.05, 4.69) is 21.5 Å². The van der Waals surface area contributed by atoms with Crippen LogP contribution in [-0.4, -0.2) is 56.0 Å². The number of nitrogens with two attached hydrogens (primary N) is 1. The number of nitriles is 1. The predicted octanol–water partition coefficient (Wildman–Crippen LogP) is 2.74. The molecule has 2 aromatic carbocycles. The molecule has 0 aliphatic carbocycles. The number of hydrogen-bond acceptors (Lipinski definition) is 8. The van der Waals surface area contributed by atoms with Crippen LogP contribution in [0.3, 0.4) is 0 Å². The zero-order valence-corrected chi connectivity index (χ0v) is 20.9. The maximum Gasteiger partial charge on any atom is 0.339 e. The van der Waals surface area contributed by atoms with Crippen molar-refractivity contribution in [1.29, 1.82) is 5.26 Å². The highest BCUT2D eigenvalue weighted by Crippen LogP contribution is 2.30. The van der Waals surface area contributed by atoms with E-state index in [4.69, 9.17) is 21.6 Å². The minimum absolute atomic E-state index is 0.288. The highest BCUT2D eigenvalue weighted by atomic mass is 35.5. The van der Waals surface area contributed by atoms with Crippen molar-refractivity contribution >= 4 is 23.9 Å². The van der Waals surface area contributed by atoms with Crippen LogP contribution in [0.5, 0.6) is 0 Å². The molecule has 3 rings (SSSR count). The van der Waals surface area contributed by atoms with Crippen LogP contribution in [0.4, 0.5) is 0 Å². The first-order valence-corrected chi connectivity index (χ1v) is 11.2. The summed E-state index contributed by atoms with van der Waals surface area (Å²) < 4.78 is 7.14. The summed E-state index contributed by atoms with van der Waals surface area (Å²) in [6.45, 7) is 2.77. The van der Waals surface area contributed by atoms with Crippen LogP contribution < -0.4 is 16.4 Å². The van der Waals surface area contributed by atoms with E-state index in [1.807, 2.05) is 25.1 Å². The average Bonchev–Trinajstić information content (AvgIpc) is 3.20. The smallest absolute Gasteiger partial charge is 0.339 e. The second-order valence-corrected chi connectivity index (χ2v) is 7.77. The van der Waals surface area contributed by atoms with Gasteiger partial charge in [0.15, 0.2) is 12.5 Å². The number of benzene rings is 2. The van der Waals surface area contributed by atoms with Gasteiger partial charge in [0.1, 0.15) is 11.8 Å². The van der Waals surface area contributed by atoms with Crippen molar-refractivity contribution in [3.05, 3.63) is 75.6 Å². The quantitative estimate of drug-likeness (QED) is 0.234. The second-order valence-electron chi connectivity index (χ2n) is 7.36. The fraction of sp³-hybridized carbons (Fsp3) is 0.280. The number of halogens is 1. The van der Waals surface area contributed by atoms with Crippen LogP contribution in [0.25, 0.3) is 11.1 Å². The standard InChI is InChI=1S/C24H24ClN5O3.CH5N/c1-15-23(18-8-9-19(11-26)20(25)10-18)21(14-31)29-30(15)13-16-4-6-17(7-5-16)24(32)33-22(28-3)12-27-2;1-2/h4-10,14,22,27-28H,12-13H2,1-3H3;2H2,1H3. The van der Waals surface area contributed by atoms with Crippen molar-refractivity contribution in [3.8, 4) is 17.2 Å². The number of carbonyl (C=O) groups excluding carboxylic acids is 2. The number of rotatable bonds is 9. The Morgan fingerprint density at radius 1 is 1.26 bits per heavy atom. The molecule has 1 aromatic heterocycles. The summed E-state index contributed by atoms with van der Waals surface area (Å²) >= 11 is 6.18. The van der Waals surface area contributed by atoms with Gasteiger partial charge in [-0.3, -0.25) is 14.8 Å². The first-order chi connectivity index (χ1) is 16.9. The molecule has 1 unspecified atom stereocenters. The lowest BCUT2D eigenvalue weighted by Gasteiger charge is -2.16. The van der Waals surface area contributed by atoms with Gasteiger partial charge in [0.25, 0.3) is 0 Å². The minimum Gasteiger partial charge on any atom is -0.442 e. The van der Waals surface area contributed by atoms with Crippen LogP contribution in [0.15, 0.2) is 42.5 Å². The Hall–Kier alpha value is -3.55. The Labute approximate surface area is 209 Å². The molecule has 0 saturated carbocycles. The molecule has 0 aliphatic heterocycles. The van der Waals surface area contributed by atoms with Gasteiger partial charge in [-0.05, 0) is 63.5 Å². The van der Waals surface area contributed by atoms with E-state index >= 15 is 0 Å². The van der Waals surface area contributed by atoms with Gasteiger partial charge in [-0.1, -0.05) is 29.8 Å². The minimum atomic E-state index is -0.426. The zero-order valence-electron chi connectivity index (χ0n) is 20.1. The van der Waals surface area contributed by atoms with Crippen molar-refractivity contribution in [2.45, 2.75) is 19.7 Å². The van der Waals surface area contributed by atoms with Gasteiger partial charge >= 0.3 is 5.97 Å². The zero-order chi connectivity index (χ0) is 26.0. The molecule has 0 fully saturated rings. The molecule has 0 amide bonds. The predicted molar refractivity (Wildman–Crippen MR) is 135 cm³/mol. The van der Waals surface area contributed by atoms with Crippen LogP contribution in [0.1, 0.15) is 37.7 Å². The molecule has 0 saturated heterocycles.